The zero-order chi connectivity index (χ0) is 52.2. The van der Waals surface area contributed by atoms with E-state index in [4.69, 9.17) is 0 Å². The lowest BCUT2D eigenvalue weighted by atomic mass is 9.33. The Morgan fingerprint density at radius 1 is 0.365 bits per heavy atom. The monoisotopic (exact) mass is 967 g/mol. The van der Waals surface area contributed by atoms with Crippen LogP contribution < -0.4 is 26.2 Å². The molecule has 0 fully saturated rings. The van der Waals surface area contributed by atoms with Gasteiger partial charge in [-0.2, -0.15) is 0 Å². The number of rotatable bonds is 5. The van der Waals surface area contributed by atoms with Crippen LogP contribution in [0.2, 0.25) is 0 Å². The second-order valence-electron chi connectivity index (χ2n) is 27.4. The molecule has 0 unspecified atom stereocenters. The third kappa shape index (κ3) is 7.57. The van der Waals surface area contributed by atoms with E-state index in [0.29, 0.717) is 0 Å². The van der Waals surface area contributed by atoms with Gasteiger partial charge in [-0.25, -0.2) is 0 Å². The zero-order valence-electron chi connectivity index (χ0n) is 46.9. The minimum Gasteiger partial charge on any atom is -0.311 e. The molecular weight excluding hydrogens is 892 g/mol. The van der Waals surface area contributed by atoms with Crippen LogP contribution in [-0.4, -0.2) is 6.71 Å². The lowest BCUT2D eigenvalue weighted by molar-refractivity contribution is 0.403. The summed E-state index contributed by atoms with van der Waals surface area (Å²) in [5.74, 6) is 0. The predicted octanol–water partition coefficient (Wildman–Crippen LogP) is 17.6. The average Bonchev–Trinajstić information content (AvgIpc) is 3.66. The van der Waals surface area contributed by atoms with Crippen LogP contribution in [0, 0.1) is 6.92 Å². The van der Waals surface area contributed by atoms with Gasteiger partial charge in [0.2, 0.25) is 0 Å². The molecule has 74 heavy (non-hydrogen) atoms. The molecule has 3 heteroatoms. The molecule has 0 aromatic heterocycles. The van der Waals surface area contributed by atoms with Crippen LogP contribution in [0.4, 0.5) is 34.1 Å². The molecule has 12 rings (SSSR count). The van der Waals surface area contributed by atoms with Gasteiger partial charge in [-0.15, -0.1) is 0 Å². The Morgan fingerprint density at radius 3 is 1.43 bits per heavy atom. The van der Waals surface area contributed by atoms with Crippen molar-refractivity contribution in [2.24, 2.45) is 0 Å². The van der Waals surface area contributed by atoms with Crippen molar-refractivity contribution in [2.45, 2.75) is 149 Å². The van der Waals surface area contributed by atoms with Gasteiger partial charge in [0, 0.05) is 34.0 Å². The molecule has 2 nitrogen and oxygen atoms in total. The third-order valence-electron chi connectivity index (χ3n) is 17.9. The van der Waals surface area contributed by atoms with Gasteiger partial charge in [-0.3, -0.25) is 0 Å². The van der Waals surface area contributed by atoms with E-state index in [9.17, 15) is 0 Å². The van der Waals surface area contributed by atoms with Gasteiger partial charge in [-0.05, 0) is 178 Å². The number of fused-ring (bicyclic) bond motifs is 6. The van der Waals surface area contributed by atoms with Gasteiger partial charge in [0.15, 0.2) is 0 Å². The molecule has 0 saturated heterocycles. The van der Waals surface area contributed by atoms with Gasteiger partial charge >= 0.3 is 0 Å². The van der Waals surface area contributed by atoms with Crippen molar-refractivity contribution in [1.29, 1.82) is 0 Å². The van der Waals surface area contributed by atoms with E-state index in [1.165, 1.54) is 123 Å². The highest BCUT2D eigenvalue weighted by molar-refractivity contribution is 7.00. The Labute approximate surface area is 444 Å². The lowest BCUT2D eigenvalue weighted by Crippen LogP contribution is -2.61. The molecule has 0 radical (unpaired) electrons. The molecule has 0 spiro atoms. The van der Waals surface area contributed by atoms with Crippen molar-refractivity contribution in [3.63, 3.8) is 0 Å². The van der Waals surface area contributed by atoms with Gasteiger partial charge in [0.1, 0.15) is 0 Å². The van der Waals surface area contributed by atoms with Crippen molar-refractivity contribution in [1.82, 2.24) is 0 Å². The van der Waals surface area contributed by atoms with Gasteiger partial charge in [0.05, 0.1) is 5.69 Å². The number of hydrogen-bond donors (Lipinski definition) is 0. The fourth-order valence-corrected chi connectivity index (χ4v) is 14.5. The van der Waals surface area contributed by atoms with Crippen molar-refractivity contribution in [3.8, 4) is 33.4 Å². The van der Waals surface area contributed by atoms with Crippen LogP contribution in [0.5, 0.6) is 0 Å². The molecule has 0 bridgehead atoms. The fourth-order valence-electron chi connectivity index (χ4n) is 14.5. The number of hydrogen-bond acceptors (Lipinski definition) is 2. The summed E-state index contributed by atoms with van der Waals surface area (Å²) >= 11 is 0. The normalized spacial score (nSPS) is 17.4. The van der Waals surface area contributed by atoms with Crippen LogP contribution in [-0.2, 0) is 32.5 Å². The largest absolute Gasteiger partial charge is 0.311 e. The first-order valence-corrected chi connectivity index (χ1v) is 27.5. The molecule has 2 aliphatic heterocycles. The Morgan fingerprint density at radius 2 is 0.851 bits per heavy atom. The van der Waals surface area contributed by atoms with Crippen molar-refractivity contribution in [2.75, 3.05) is 9.80 Å². The van der Waals surface area contributed by atoms with Crippen LogP contribution >= 0.6 is 0 Å². The predicted molar refractivity (Wildman–Crippen MR) is 320 cm³/mol. The van der Waals surface area contributed by atoms with E-state index in [-0.39, 0.29) is 39.2 Å². The van der Waals surface area contributed by atoms with E-state index >= 15 is 0 Å². The van der Waals surface area contributed by atoms with E-state index < -0.39 is 0 Å². The smallest absolute Gasteiger partial charge is 0.252 e. The SMILES string of the molecule is Cc1ccc(-c2ccccc2)cc1N1c2cc(-c3ccccc3)ccc2B2c3cc4c(cc3N(c3ccc(C(C)(C)C)cc3-c3ccc5c(c3)C(C)(C)CC5(C)C)c3cc(C(C)(C)C)cc1c32)C(C)(C)CC4(C)C. The topological polar surface area (TPSA) is 6.48 Å². The van der Waals surface area contributed by atoms with Crippen LogP contribution in [0.3, 0.4) is 0 Å². The summed E-state index contributed by atoms with van der Waals surface area (Å²) in [4.78, 5) is 5.39. The molecule has 8 aromatic rings. The molecule has 0 saturated carbocycles. The summed E-state index contributed by atoms with van der Waals surface area (Å²) in [6, 6.07) is 61.8. The second kappa shape index (κ2) is 16.2. The average molecular weight is 967 g/mol. The van der Waals surface area contributed by atoms with Crippen LogP contribution in [0.15, 0.2) is 158 Å². The zero-order valence-corrected chi connectivity index (χ0v) is 46.9. The van der Waals surface area contributed by atoms with Crippen molar-refractivity contribution in [3.05, 3.63) is 197 Å². The van der Waals surface area contributed by atoms with E-state index in [2.05, 4.69) is 271 Å². The maximum absolute atomic E-state index is 2.74. The summed E-state index contributed by atoms with van der Waals surface area (Å²) in [7, 11) is 0. The van der Waals surface area contributed by atoms with E-state index in [0.717, 1.165) is 12.8 Å². The van der Waals surface area contributed by atoms with Gasteiger partial charge in [0.25, 0.3) is 6.71 Å². The summed E-state index contributed by atoms with van der Waals surface area (Å²) < 4.78 is 0. The molecular formula is C71H75BN2. The molecule has 8 aromatic carbocycles. The van der Waals surface area contributed by atoms with Crippen molar-refractivity contribution < 1.29 is 0 Å². The summed E-state index contributed by atoms with van der Waals surface area (Å²) in [6.45, 7) is 36.2. The van der Waals surface area contributed by atoms with Gasteiger partial charge in [-0.1, -0.05) is 212 Å². The number of benzene rings is 8. The minimum atomic E-state index is -0.160. The third-order valence-corrected chi connectivity index (χ3v) is 17.9. The molecule has 4 aliphatic rings. The first-order valence-electron chi connectivity index (χ1n) is 27.5. The number of nitrogens with zero attached hydrogens (tertiary/aromatic N) is 2. The molecule has 2 heterocycles. The first-order chi connectivity index (χ1) is 34.8. The minimum absolute atomic E-state index is 0.00265. The van der Waals surface area contributed by atoms with E-state index in [1.807, 2.05) is 0 Å². The highest BCUT2D eigenvalue weighted by Crippen LogP contribution is 2.56. The highest BCUT2D eigenvalue weighted by atomic mass is 15.2. The Hall–Kier alpha value is -6.58. The molecule has 0 N–H and O–H groups in total. The second-order valence-corrected chi connectivity index (χ2v) is 27.4. The fraction of sp³-hybridized carbons (Fsp3) is 0.324. The first kappa shape index (κ1) is 48.4. The number of anilines is 6. The van der Waals surface area contributed by atoms with E-state index in [1.54, 1.807) is 0 Å². The summed E-state index contributed by atoms with van der Waals surface area (Å²) in [6.07, 6.45) is 2.24. The maximum atomic E-state index is 2.74. The lowest BCUT2D eigenvalue weighted by Gasteiger charge is -2.46. The Bertz CT molecular complexity index is 3590. The maximum Gasteiger partial charge on any atom is 0.252 e. The molecule has 0 amide bonds. The summed E-state index contributed by atoms with van der Waals surface area (Å²) in [5, 5.41) is 0. The van der Waals surface area contributed by atoms with Crippen LogP contribution in [0.1, 0.15) is 149 Å². The standard InChI is InChI=1S/C71H75BN2/c1-44-26-27-47(45-22-18-16-19-23-45)35-60(44)74-61-36-48(46-24-20-17-21-25-46)29-32-57(61)72-58-40-55-56(71(14,15)43-70(55,12)13)41-62(58)73(63-38-51(67(5,6)7)39-64(74)65(63)72)59-33-30-50(66(2,3)4)37-52(59)49-28-31-53-54(34-49)69(10,11)42-68(53,8)9/h16-41H,42-43H2,1-15H3. The van der Waals surface area contributed by atoms with Crippen LogP contribution in [0.25, 0.3) is 33.4 Å². The van der Waals surface area contributed by atoms with Gasteiger partial charge < -0.3 is 9.80 Å². The molecule has 372 valence electrons. The Kier molecular flexibility index (Phi) is 10.6. The highest BCUT2D eigenvalue weighted by Gasteiger charge is 2.49. The Balaban J connectivity index is 1.22. The van der Waals surface area contributed by atoms with Crippen molar-refractivity contribution >= 4 is 57.2 Å². The number of aryl methyl sites for hydroxylation is 1. The quantitative estimate of drug-likeness (QED) is 0.159. The molecule has 0 atom stereocenters. The molecule has 2 aliphatic carbocycles. The summed E-state index contributed by atoms with van der Waals surface area (Å²) in [5.41, 5.74) is 28.9.